The molecule has 3 aromatic heterocycles. The Kier molecular flexibility index (Phi) is 4.12. The molecule has 0 spiro atoms. The minimum atomic E-state index is 0.537. The zero-order chi connectivity index (χ0) is 18.9. The topological polar surface area (TPSA) is 54.5 Å². The molecule has 134 valence electrons. The first-order valence-corrected chi connectivity index (χ1v) is 9.97. The van der Waals surface area contributed by atoms with Crippen LogP contribution in [-0.2, 0) is 6.42 Å². The molecule has 5 heteroatoms. The van der Waals surface area contributed by atoms with Crippen molar-refractivity contribution in [1.29, 1.82) is 5.26 Å². The predicted octanol–water partition coefficient (Wildman–Crippen LogP) is 5.76. The fourth-order valence-corrected chi connectivity index (χ4v) is 4.23. The SMILES string of the molecule is N#CCCc1ccc(-n2cnc3cnc4ccc(-c5cccs5)cc4c32)cc1. The molecule has 0 N–H and O–H groups in total. The van der Waals surface area contributed by atoms with Gasteiger partial charge in [0.25, 0.3) is 0 Å². The number of fused-ring (bicyclic) bond motifs is 3. The van der Waals surface area contributed by atoms with Crippen molar-refractivity contribution in [3.05, 3.63) is 78.1 Å². The molecular weight excluding hydrogens is 364 g/mol. The highest BCUT2D eigenvalue weighted by atomic mass is 32.1. The summed E-state index contributed by atoms with van der Waals surface area (Å²) >= 11 is 1.73. The van der Waals surface area contributed by atoms with E-state index in [-0.39, 0.29) is 0 Å². The van der Waals surface area contributed by atoms with E-state index < -0.39 is 0 Å². The summed E-state index contributed by atoms with van der Waals surface area (Å²) in [5.41, 5.74) is 6.31. The van der Waals surface area contributed by atoms with Gasteiger partial charge in [0.1, 0.15) is 11.8 Å². The third-order valence-electron chi connectivity index (χ3n) is 4.92. The van der Waals surface area contributed by atoms with Crippen LogP contribution in [0.5, 0.6) is 0 Å². The maximum Gasteiger partial charge on any atom is 0.108 e. The zero-order valence-corrected chi connectivity index (χ0v) is 15.9. The number of aryl methyl sites for hydroxylation is 1. The van der Waals surface area contributed by atoms with Crippen LogP contribution in [0.4, 0.5) is 0 Å². The summed E-state index contributed by atoms with van der Waals surface area (Å²) in [5.74, 6) is 0. The summed E-state index contributed by atoms with van der Waals surface area (Å²) < 4.78 is 2.12. The lowest BCUT2D eigenvalue weighted by atomic mass is 10.1. The fraction of sp³-hybridized carbons (Fsp3) is 0.0870. The molecule has 5 aromatic rings. The standard InChI is InChI=1S/C23H16N4S/c24-11-1-3-16-5-8-18(9-6-16)27-15-26-21-14-25-20-10-7-17(13-19(20)23(21)27)22-4-2-12-28-22/h2,4-10,12-15H,1,3H2. The second-order valence-corrected chi connectivity index (χ2v) is 7.59. The molecule has 0 aliphatic rings. The maximum absolute atomic E-state index is 8.77. The van der Waals surface area contributed by atoms with E-state index in [1.165, 1.54) is 16.0 Å². The van der Waals surface area contributed by atoms with Gasteiger partial charge in [0, 0.05) is 22.4 Å². The number of thiophene rings is 1. The van der Waals surface area contributed by atoms with E-state index in [1.807, 2.05) is 12.5 Å². The van der Waals surface area contributed by atoms with Crippen LogP contribution in [0.1, 0.15) is 12.0 Å². The second-order valence-electron chi connectivity index (χ2n) is 6.64. The summed E-state index contributed by atoms with van der Waals surface area (Å²) in [6.45, 7) is 0. The van der Waals surface area contributed by atoms with Crippen molar-refractivity contribution >= 4 is 33.3 Å². The Balaban J connectivity index is 1.67. The number of hydrogen-bond donors (Lipinski definition) is 0. The number of nitrogens with zero attached hydrogens (tertiary/aromatic N) is 4. The molecule has 4 nitrogen and oxygen atoms in total. The molecule has 0 saturated carbocycles. The van der Waals surface area contributed by atoms with Gasteiger partial charge in [0.15, 0.2) is 0 Å². The number of nitriles is 1. The van der Waals surface area contributed by atoms with Crippen LogP contribution < -0.4 is 0 Å². The van der Waals surface area contributed by atoms with Gasteiger partial charge in [-0.05, 0) is 53.3 Å². The molecular formula is C23H16N4S. The van der Waals surface area contributed by atoms with Crippen molar-refractivity contribution in [2.24, 2.45) is 0 Å². The number of pyridine rings is 1. The number of imidazole rings is 1. The molecule has 0 aliphatic heterocycles. The lowest BCUT2D eigenvalue weighted by Crippen LogP contribution is -1.94. The lowest BCUT2D eigenvalue weighted by Gasteiger charge is -2.09. The average molecular weight is 380 g/mol. The molecule has 0 amide bonds. The van der Waals surface area contributed by atoms with Crippen LogP contribution in [0.15, 0.2) is 72.5 Å². The molecule has 0 bridgehead atoms. The Hall–Kier alpha value is -3.49. The van der Waals surface area contributed by atoms with Crippen LogP contribution in [-0.4, -0.2) is 14.5 Å². The minimum absolute atomic E-state index is 0.537. The molecule has 0 aliphatic carbocycles. The Morgan fingerprint density at radius 3 is 2.68 bits per heavy atom. The largest absolute Gasteiger partial charge is 0.298 e. The summed E-state index contributed by atoms with van der Waals surface area (Å²) in [7, 11) is 0. The summed E-state index contributed by atoms with van der Waals surface area (Å²) in [6.07, 6.45) is 5.00. The van der Waals surface area contributed by atoms with Crippen molar-refractivity contribution in [3.8, 4) is 22.2 Å². The van der Waals surface area contributed by atoms with Gasteiger partial charge in [-0.15, -0.1) is 11.3 Å². The first-order chi connectivity index (χ1) is 13.8. The molecule has 0 unspecified atom stereocenters. The number of rotatable bonds is 4. The highest BCUT2D eigenvalue weighted by Crippen LogP contribution is 2.31. The van der Waals surface area contributed by atoms with Gasteiger partial charge in [-0.25, -0.2) is 4.98 Å². The Morgan fingerprint density at radius 1 is 1.00 bits per heavy atom. The molecule has 3 heterocycles. The third-order valence-corrected chi connectivity index (χ3v) is 5.84. The monoisotopic (exact) mass is 380 g/mol. The summed E-state index contributed by atoms with van der Waals surface area (Å²) in [6, 6.07) is 21.1. The number of benzene rings is 2. The van der Waals surface area contributed by atoms with E-state index in [2.05, 4.69) is 80.6 Å². The molecule has 0 radical (unpaired) electrons. The predicted molar refractivity (Wildman–Crippen MR) is 114 cm³/mol. The third kappa shape index (κ3) is 2.84. The normalized spacial score (nSPS) is 11.1. The van der Waals surface area contributed by atoms with E-state index in [1.54, 1.807) is 11.3 Å². The summed E-state index contributed by atoms with van der Waals surface area (Å²) in [5, 5.41) is 12.0. The van der Waals surface area contributed by atoms with Crippen molar-refractivity contribution in [2.75, 3.05) is 0 Å². The first-order valence-electron chi connectivity index (χ1n) is 9.09. The Morgan fingerprint density at radius 2 is 1.89 bits per heavy atom. The van der Waals surface area contributed by atoms with Crippen LogP contribution in [0.25, 0.3) is 38.1 Å². The van der Waals surface area contributed by atoms with Gasteiger partial charge in [-0.1, -0.05) is 24.3 Å². The minimum Gasteiger partial charge on any atom is -0.298 e. The first kappa shape index (κ1) is 16.7. The van der Waals surface area contributed by atoms with Gasteiger partial charge in [0.2, 0.25) is 0 Å². The molecule has 0 saturated heterocycles. The van der Waals surface area contributed by atoms with Crippen molar-refractivity contribution in [1.82, 2.24) is 14.5 Å². The average Bonchev–Trinajstić information content (AvgIpc) is 3.42. The quantitative estimate of drug-likeness (QED) is 0.398. The molecule has 0 fully saturated rings. The van der Waals surface area contributed by atoms with Gasteiger partial charge in [-0.3, -0.25) is 9.55 Å². The van der Waals surface area contributed by atoms with Crippen LogP contribution in [0.2, 0.25) is 0 Å². The van der Waals surface area contributed by atoms with Gasteiger partial charge >= 0.3 is 0 Å². The molecule has 28 heavy (non-hydrogen) atoms. The Labute approximate surface area is 166 Å². The highest BCUT2D eigenvalue weighted by Gasteiger charge is 2.11. The zero-order valence-electron chi connectivity index (χ0n) is 15.0. The highest BCUT2D eigenvalue weighted by molar-refractivity contribution is 7.13. The van der Waals surface area contributed by atoms with Gasteiger partial charge in [0.05, 0.1) is 23.3 Å². The van der Waals surface area contributed by atoms with Gasteiger partial charge in [-0.2, -0.15) is 5.26 Å². The maximum atomic E-state index is 8.77. The van der Waals surface area contributed by atoms with E-state index in [0.717, 1.165) is 34.0 Å². The Bertz CT molecular complexity index is 1310. The smallest absolute Gasteiger partial charge is 0.108 e. The molecule has 5 rings (SSSR count). The van der Waals surface area contributed by atoms with Crippen LogP contribution >= 0.6 is 11.3 Å². The number of hydrogen-bond acceptors (Lipinski definition) is 4. The summed E-state index contributed by atoms with van der Waals surface area (Å²) in [4.78, 5) is 10.4. The van der Waals surface area contributed by atoms with Crippen molar-refractivity contribution < 1.29 is 0 Å². The fourth-order valence-electron chi connectivity index (χ4n) is 3.51. The van der Waals surface area contributed by atoms with E-state index >= 15 is 0 Å². The van der Waals surface area contributed by atoms with E-state index in [9.17, 15) is 0 Å². The van der Waals surface area contributed by atoms with E-state index in [0.29, 0.717) is 6.42 Å². The van der Waals surface area contributed by atoms with Crippen molar-refractivity contribution in [3.63, 3.8) is 0 Å². The van der Waals surface area contributed by atoms with Crippen LogP contribution in [0.3, 0.4) is 0 Å². The van der Waals surface area contributed by atoms with Crippen molar-refractivity contribution in [2.45, 2.75) is 12.8 Å². The number of aromatic nitrogens is 3. The second kappa shape index (κ2) is 6.91. The van der Waals surface area contributed by atoms with E-state index in [4.69, 9.17) is 5.26 Å². The van der Waals surface area contributed by atoms with Crippen LogP contribution in [0, 0.1) is 11.3 Å². The molecule has 2 aromatic carbocycles. The molecule has 0 atom stereocenters. The lowest BCUT2D eigenvalue weighted by molar-refractivity contribution is 1.00. The van der Waals surface area contributed by atoms with Gasteiger partial charge < -0.3 is 0 Å².